The predicted octanol–water partition coefficient (Wildman–Crippen LogP) is 6.10. The SMILES string of the molecule is CC(C)(C)c1ccc(C(=O)N(Cc2ccncc2)C2CCCc3ccccc32)cc1. The Kier molecular flexibility index (Phi) is 5.72. The van der Waals surface area contributed by atoms with Crippen molar-refractivity contribution in [2.24, 2.45) is 0 Å². The molecule has 0 aliphatic heterocycles. The second kappa shape index (κ2) is 8.43. The van der Waals surface area contributed by atoms with Gasteiger partial charge >= 0.3 is 0 Å². The first-order valence-electron chi connectivity index (χ1n) is 10.8. The van der Waals surface area contributed by atoms with E-state index in [2.05, 4.69) is 67.1 Å². The molecule has 4 rings (SSSR count). The first-order valence-corrected chi connectivity index (χ1v) is 10.8. The quantitative estimate of drug-likeness (QED) is 0.532. The third kappa shape index (κ3) is 4.30. The minimum Gasteiger partial charge on any atom is -0.327 e. The van der Waals surface area contributed by atoms with Gasteiger partial charge in [0.15, 0.2) is 0 Å². The summed E-state index contributed by atoms with van der Waals surface area (Å²) >= 11 is 0. The fourth-order valence-corrected chi connectivity index (χ4v) is 4.34. The number of aromatic nitrogens is 1. The molecule has 1 amide bonds. The number of benzene rings is 2. The molecule has 1 aliphatic rings. The highest BCUT2D eigenvalue weighted by Gasteiger charge is 2.30. The van der Waals surface area contributed by atoms with Crippen molar-refractivity contribution in [1.82, 2.24) is 9.88 Å². The van der Waals surface area contributed by atoms with E-state index >= 15 is 0 Å². The standard InChI is InChI=1S/C27H30N2O/c1-27(2,3)23-13-11-22(12-14-23)26(30)29(19-20-15-17-28-18-16-20)25-10-6-8-21-7-4-5-9-24(21)25/h4-5,7,9,11-18,25H,6,8,10,19H2,1-3H3. The van der Waals surface area contributed by atoms with Crippen molar-refractivity contribution >= 4 is 5.91 Å². The number of rotatable bonds is 4. The van der Waals surface area contributed by atoms with Crippen LogP contribution in [0.2, 0.25) is 0 Å². The lowest BCUT2D eigenvalue weighted by molar-refractivity contribution is 0.0638. The van der Waals surface area contributed by atoms with E-state index in [0.29, 0.717) is 6.54 Å². The zero-order chi connectivity index (χ0) is 21.1. The fourth-order valence-electron chi connectivity index (χ4n) is 4.34. The summed E-state index contributed by atoms with van der Waals surface area (Å²) in [5, 5.41) is 0. The molecule has 1 heterocycles. The lowest BCUT2D eigenvalue weighted by Crippen LogP contribution is -2.36. The van der Waals surface area contributed by atoms with Gasteiger partial charge in [0.25, 0.3) is 5.91 Å². The Morgan fingerprint density at radius 3 is 2.40 bits per heavy atom. The molecule has 3 nitrogen and oxygen atoms in total. The molecule has 0 radical (unpaired) electrons. The molecule has 1 atom stereocenters. The van der Waals surface area contributed by atoms with Gasteiger partial charge in [-0.05, 0) is 71.2 Å². The van der Waals surface area contributed by atoms with E-state index in [0.717, 1.165) is 30.4 Å². The van der Waals surface area contributed by atoms with Crippen LogP contribution in [-0.2, 0) is 18.4 Å². The number of nitrogens with zero attached hydrogens (tertiary/aromatic N) is 2. The Morgan fingerprint density at radius 1 is 1.00 bits per heavy atom. The molecule has 0 saturated heterocycles. The summed E-state index contributed by atoms with van der Waals surface area (Å²) in [6.45, 7) is 7.16. The highest BCUT2D eigenvalue weighted by molar-refractivity contribution is 5.94. The van der Waals surface area contributed by atoms with Crippen LogP contribution in [0.5, 0.6) is 0 Å². The van der Waals surface area contributed by atoms with Crippen LogP contribution in [0.3, 0.4) is 0 Å². The van der Waals surface area contributed by atoms with E-state index in [9.17, 15) is 4.79 Å². The number of pyridine rings is 1. The zero-order valence-electron chi connectivity index (χ0n) is 18.1. The Balaban J connectivity index is 1.70. The van der Waals surface area contributed by atoms with E-state index in [1.165, 1.54) is 16.7 Å². The normalized spacial score (nSPS) is 16.0. The van der Waals surface area contributed by atoms with E-state index in [-0.39, 0.29) is 17.4 Å². The van der Waals surface area contributed by atoms with Gasteiger partial charge in [-0.1, -0.05) is 57.2 Å². The van der Waals surface area contributed by atoms with Gasteiger partial charge in [-0.25, -0.2) is 0 Å². The molecule has 1 aromatic heterocycles. The number of carbonyl (C=O) groups is 1. The average Bonchev–Trinajstić information content (AvgIpc) is 2.77. The molecule has 0 bridgehead atoms. The number of carbonyl (C=O) groups excluding carboxylic acids is 1. The summed E-state index contributed by atoms with van der Waals surface area (Å²) < 4.78 is 0. The summed E-state index contributed by atoms with van der Waals surface area (Å²) in [4.78, 5) is 19.9. The van der Waals surface area contributed by atoms with E-state index < -0.39 is 0 Å². The van der Waals surface area contributed by atoms with Gasteiger partial charge in [-0.2, -0.15) is 0 Å². The van der Waals surface area contributed by atoms with Gasteiger partial charge in [0, 0.05) is 24.5 Å². The Hall–Kier alpha value is -2.94. The molecule has 1 aliphatic carbocycles. The first kappa shape index (κ1) is 20.3. The minimum absolute atomic E-state index is 0.0701. The molecule has 154 valence electrons. The molecular formula is C27H30N2O. The van der Waals surface area contributed by atoms with Crippen molar-refractivity contribution < 1.29 is 4.79 Å². The van der Waals surface area contributed by atoms with Gasteiger partial charge < -0.3 is 4.90 Å². The van der Waals surface area contributed by atoms with Gasteiger partial charge in [0.1, 0.15) is 0 Å². The second-order valence-corrected chi connectivity index (χ2v) is 9.22. The summed E-state index contributed by atoms with van der Waals surface area (Å²) in [5.41, 5.74) is 5.82. The number of amides is 1. The number of hydrogen-bond donors (Lipinski definition) is 0. The highest BCUT2D eigenvalue weighted by atomic mass is 16.2. The van der Waals surface area contributed by atoms with Crippen molar-refractivity contribution in [2.45, 2.75) is 58.0 Å². The Labute approximate surface area is 179 Å². The lowest BCUT2D eigenvalue weighted by Gasteiger charge is -2.36. The summed E-state index contributed by atoms with van der Waals surface area (Å²) in [5.74, 6) is 0.0916. The van der Waals surface area contributed by atoms with Crippen molar-refractivity contribution in [1.29, 1.82) is 0 Å². The molecule has 3 aromatic rings. The van der Waals surface area contributed by atoms with Gasteiger partial charge in [-0.15, -0.1) is 0 Å². The monoisotopic (exact) mass is 398 g/mol. The molecular weight excluding hydrogens is 368 g/mol. The summed E-state index contributed by atoms with van der Waals surface area (Å²) in [6.07, 6.45) is 6.78. The maximum Gasteiger partial charge on any atom is 0.254 e. The number of fused-ring (bicyclic) bond motifs is 1. The van der Waals surface area contributed by atoms with Crippen LogP contribution in [-0.4, -0.2) is 15.8 Å². The Morgan fingerprint density at radius 2 is 1.70 bits per heavy atom. The summed E-state index contributed by atoms with van der Waals surface area (Å²) in [7, 11) is 0. The molecule has 1 unspecified atom stereocenters. The van der Waals surface area contributed by atoms with Crippen LogP contribution in [0, 0.1) is 0 Å². The third-order valence-corrected chi connectivity index (χ3v) is 6.08. The maximum atomic E-state index is 13.7. The van der Waals surface area contributed by atoms with Crippen molar-refractivity contribution in [3.63, 3.8) is 0 Å². The molecule has 3 heteroatoms. The molecule has 2 aromatic carbocycles. The lowest BCUT2D eigenvalue weighted by atomic mass is 9.85. The van der Waals surface area contributed by atoms with Crippen molar-refractivity contribution in [2.75, 3.05) is 0 Å². The van der Waals surface area contributed by atoms with Crippen molar-refractivity contribution in [3.05, 3.63) is 101 Å². The molecule has 30 heavy (non-hydrogen) atoms. The maximum absolute atomic E-state index is 13.7. The summed E-state index contributed by atoms with van der Waals surface area (Å²) in [6, 6.07) is 20.8. The highest BCUT2D eigenvalue weighted by Crippen LogP contribution is 2.36. The topological polar surface area (TPSA) is 33.2 Å². The minimum atomic E-state index is 0.0701. The molecule has 0 saturated carbocycles. The van der Waals surface area contributed by atoms with Crippen LogP contribution < -0.4 is 0 Å². The van der Waals surface area contributed by atoms with Crippen LogP contribution in [0.15, 0.2) is 73.1 Å². The van der Waals surface area contributed by atoms with Crippen LogP contribution >= 0.6 is 0 Å². The Bertz CT molecular complexity index is 1000. The van der Waals surface area contributed by atoms with Crippen LogP contribution in [0.25, 0.3) is 0 Å². The average molecular weight is 399 g/mol. The van der Waals surface area contributed by atoms with Crippen molar-refractivity contribution in [3.8, 4) is 0 Å². The first-order chi connectivity index (χ1) is 14.4. The van der Waals surface area contributed by atoms with Gasteiger partial charge in [0.2, 0.25) is 0 Å². The molecule has 0 N–H and O–H groups in total. The second-order valence-electron chi connectivity index (χ2n) is 9.22. The third-order valence-electron chi connectivity index (χ3n) is 6.08. The molecule has 0 fully saturated rings. The van der Waals surface area contributed by atoms with E-state index in [1.807, 2.05) is 24.3 Å². The smallest absolute Gasteiger partial charge is 0.254 e. The van der Waals surface area contributed by atoms with E-state index in [1.54, 1.807) is 12.4 Å². The van der Waals surface area contributed by atoms with Gasteiger partial charge in [-0.3, -0.25) is 9.78 Å². The zero-order valence-corrected chi connectivity index (χ0v) is 18.1. The fraction of sp³-hybridized carbons (Fsp3) is 0.333. The largest absolute Gasteiger partial charge is 0.327 e. The molecule has 0 spiro atoms. The van der Waals surface area contributed by atoms with Gasteiger partial charge in [0.05, 0.1) is 6.04 Å². The van der Waals surface area contributed by atoms with Crippen LogP contribution in [0.4, 0.5) is 0 Å². The van der Waals surface area contributed by atoms with E-state index in [4.69, 9.17) is 0 Å². The predicted molar refractivity (Wildman–Crippen MR) is 121 cm³/mol. The number of aryl methyl sites for hydroxylation is 1. The number of hydrogen-bond acceptors (Lipinski definition) is 2. The van der Waals surface area contributed by atoms with Crippen LogP contribution in [0.1, 0.15) is 72.3 Å².